The summed E-state index contributed by atoms with van der Waals surface area (Å²) >= 11 is 0. The molecule has 132 valence electrons. The fourth-order valence-corrected chi connectivity index (χ4v) is 4.99. The van der Waals surface area contributed by atoms with Gasteiger partial charge in [-0.25, -0.2) is 8.78 Å². The maximum absolute atomic E-state index is 13.6. The summed E-state index contributed by atoms with van der Waals surface area (Å²) in [5.41, 5.74) is 0.344. The highest BCUT2D eigenvalue weighted by atomic mass is 19.2. The van der Waals surface area contributed by atoms with Gasteiger partial charge in [-0.3, -0.25) is 4.79 Å². The standard InChI is InChI=1S/C20H26F2O2/c1-12(2)16-6-4-13(3)10-20(16,24-11-23)17-9-15(17)14-5-7-18(21)19(22)8-14/h5,7-8,11-13,15-17H,4,6,9-10H2,1-3H3. The molecule has 2 fully saturated rings. The number of ether oxygens (including phenoxy) is 1. The lowest BCUT2D eigenvalue weighted by atomic mass is 9.64. The van der Waals surface area contributed by atoms with Gasteiger partial charge in [0.15, 0.2) is 11.6 Å². The van der Waals surface area contributed by atoms with Crippen LogP contribution < -0.4 is 0 Å². The molecule has 4 heteroatoms. The minimum Gasteiger partial charge on any atom is -0.461 e. The Morgan fingerprint density at radius 2 is 2.00 bits per heavy atom. The van der Waals surface area contributed by atoms with E-state index in [1.165, 1.54) is 12.1 Å². The third kappa shape index (κ3) is 2.96. The third-order valence-corrected chi connectivity index (χ3v) is 6.13. The van der Waals surface area contributed by atoms with Crippen molar-refractivity contribution in [1.29, 1.82) is 0 Å². The summed E-state index contributed by atoms with van der Waals surface area (Å²) in [6.07, 6.45) is 3.93. The SMILES string of the molecule is CC1CCC(C(C)C)C(OC=O)(C2CC2c2ccc(F)c(F)c2)C1. The zero-order chi connectivity index (χ0) is 17.5. The van der Waals surface area contributed by atoms with Crippen molar-refractivity contribution in [1.82, 2.24) is 0 Å². The first kappa shape index (κ1) is 17.4. The van der Waals surface area contributed by atoms with Crippen LogP contribution in [0.2, 0.25) is 0 Å². The van der Waals surface area contributed by atoms with E-state index in [-0.39, 0.29) is 11.8 Å². The molecule has 1 aromatic rings. The quantitative estimate of drug-likeness (QED) is 0.702. The molecule has 5 unspecified atom stereocenters. The number of halogens is 2. The van der Waals surface area contributed by atoms with Crippen LogP contribution in [-0.4, -0.2) is 12.1 Å². The van der Waals surface area contributed by atoms with E-state index < -0.39 is 17.2 Å². The van der Waals surface area contributed by atoms with E-state index in [1.54, 1.807) is 6.07 Å². The molecule has 0 heterocycles. The zero-order valence-corrected chi connectivity index (χ0v) is 14.6. The Labute approximate surface area is 142 Å². The lowest BCUT2D eigenvalue weighted by molar-refractivity contribution is -0.166. The van der Waals surface area contributed by atoms with Gasteiger partial charge in [0, 0.05) is 11.8 Å². The van der Waals surface area contributed by atoms with Gasteiger partial charge in [0.05, 0.1) is 0 Å². The molecule has 0 aliphatic heterocycles. The van der Waals surface area contributed by atoms with Gasteiger partial charge in [-0.2, -0.15) is 0 Å². The highest BCUT2D eigenvalue weighted by molar-refractivity contribution is 5.40. The van der Waals surface area contributed by atoms with Gasteiger partial charge in [-0.05, 0) is 54.7 Å². The molecular weight excluding hydrogens is 310 g/mol. The van der Waals surface area contributed by atoms with Crippen molar-refractivity contribution in [3.63, 3.8) is 0 Å². The Bertz CT molecular complexity index is 616. The molecule has 5 atom stereocenters. The molecule has 0 N–H and O–H groups in total. The molecule has 0 aromatic heterocycles. The lowest BCUT2D eigenvalue weighted by Crippen LogP contribution is -2.49. The lowest BCUT2D eigenvalue weighted by Gasteiger charge is -2.47. The number of rotatable bonds is 5. The Balaban J connectivity index is 1.90. The van der Waals surface area contributed by atoms with Crippen LogP contribution >= 0.6 is 0 Å². The Morgan fingerprint density at radius 1 is 1.25 bits per heavy atom. The van der Waals surface area contributed by atoms with Crippen molar-refractivity contribution < 1.29 is 18.3 Å². The largest absolute Gasteiger partial charge is 0.461 e. The van der Waals surface area contributed by atoms with Crippen molar-refractivity contribution in [2.75, 3.05) is 0 Å². The van der Waals surface area contributed by atoms with E-state index in [2.05, 4.69) is 20.8 Å². The summed E-state index contributed by atoms with van der Waals surface area (Å²) in [6.45, 7) is 7.15. The van der Waals surface area contributed by atoms with Crippen LogP contribution in [0.15, 0.2) is 18.2 Å². The van der Waals surface area contributed by atoms with Crippen molar-refractivity contribution in [2.24, 2.45) is 23.7 Å². The monoisotopic (exact) mass is 336 g/mol. The van der Waals surface area contributed by atoms with Gasteiger partial charge >= 0.3 is 0 Å². The summed E-state index contributed by atoms with van der Waals surface area (Å²) in [5, 5.41) is 0. The van der Waals surface area contributed by atoms with E-state index in [1.807, 2.05) is 0 Å². The number of hydrogen-bond acceptors (Lipinski definition) is 2. The van der Waals surface area contributed by atoms with Gasteiger partial charge in [-0.15, -0.1) is 0 Å². The Kier molecular flexibility index (Phi) is 4.67. The van der Waals surface area contributed by atoms with E-state index >= 15 is 0 Å². The second-order valence-electron chi connectivity index (χ2n) is 8.03. The van der Waals surface area contributed by atoms with E-state index in [0.717, 1.165) is 31.2 Å². The summed E-state index contributed by atoms with van der Waals surface area (Å²) in [5.74, 6) is -0.0367. The van der Waals surface area contributed by atoms with Crippen LogP contribution in [0.5, 0.6) is 0 Å². The molecule has 2 aliphatic rings. The predicted octanol–water partition coefficient (Wildman–Crippen LogP) is 5.07. The fraction of sp³-hybridized carbons (Fsp3) is 0.650. The smallest absolute Gasteiger partial charge is 0.293 e. The van der Waals surface area contributed by atoms with Crippen LogP contribution in [0.3, 0.4) is 0 Å². The molecule has 2 saturated carbocycles. The summed E-state index contributed by atoms with van der Waals surface area (Å²) < 4.78 is 32.6. The van der Waals surface area contributed by atoms with E-state index in [9.17, 15) is 13.6 Å². The molecule has 24 heavy (non-hydrogen) atoms. The molecule has 2 aliphatic carbocycles. The average Bonchev–Trinajstić information content (AvgIpc) is 3.31. The first-order chi connectivity index (χ1) is 11.4. The average molecular weight is 336 g/mol. The molecule has 3 rings (SSSR count). The first-order valence-electron chi connectivity index (χ1n) is 8.95. The number of carbonyl (C=O) groups is 1. The maximum Gasteiger partial charge on any atom is 0.293 e. The third-order valence-electron chi connectivity index (χ3n) is 6.13. The second kappa shape index (κ2) is 6.45. The van der Waals surface area contributed by atoms with Gasteiger partial charge in [0.2, 0.25) is 0 Å². The number of carbonyl (C=O) groups excluding carboxylic acids is 1. The normalized spacial score (nSPS) is 35.8. The molecular formula is C20H26F2O2. The summed E-state index contributed by atoms with van der Waals surface area (Å²) in [4.78, 5) is 11.3. The minimum absolute atomic E-state index is 0.145. The minimum atomic E-state index is -0.818. The van der Waals surface area contributed by atoms with Crippen LogP contribution in [-0.2, 0) is 9.53 Å². The molecule has 1 aromatic carbocycles. The van der Waals surface area contributed by atoms with Gasteiger partial charge < -0.3 is 4.74 Å². The van der Waals surface area contributed by atoms with Crippen molar-refractivity contribution in [3.05, 3.63) is 35.4 Å². The first-order valence-corrected chi connectivity index (χ1v) is 8.95. The predicted molar refractivity (Wildman–Crippen MR) is 88.4 cm³/mol. The van der Waals surface area contributed by atoms with Gasteiger partial charge in [0.25, 0.3) is 6.47 Å². The summed E-state index contributed by atoms with van der Waals surface area (Å²) in [6, 6.07) is 4.15. The van der Waals surface area contributed by atoms with Crippen LogP contribution in [0.4, 0.5) is 8.78 Å². The van der Waals surface area contributed by atoms with Crippen molar-refractivity contribution >= 4 is 6.47 Å². The highest BCUT2D eigenvalue weighted by Crippen LogP contribution is 2.62. The van der Waals surface area contributed by atoms with E-state index in [0.29, 0.717) is 24.2 Å². The Hall–Kier alpha value is -1.45. The molecule has 0 radical (unpaired) electrons. The van der Waals surface area contributed by atoms with Crippen LogP contribution in [0.1, 0.15) is 57.9 Å². The topological polar surface area (TPSA) is 26.3 Å². The van der Waals surface area contributed by atoms with Gasteiger partial charge in [0.1, 0.15) is 5.60 Å². The van der Waals surface area contributed by atoms with Crippen molar-refractivity contribution in [2.45, 2.75) is 58.0 Å². The highest BCUT2D eigenvalue weighted by Gasteiger charge is 2.60. The molecule has 2 nitrogen and oxygen atoms in total. The molecule has 0 bridgehead atoms. The zero-order valence-electron chi connectivity index (χ0n) is 14.6. The van der Waals surface area contributed by atoms with Crippen molar-refractivity contribution in [3.8, 4) is 0 Å². The summed E-state index contributed by atoms with van der Waals surface area (Å²) in [7, 11) is 0. The fourth-order valence-electron chi connectivity index (χ4n) is 4.99. The van der Waals surface area contributed by atoms with Crippen LogP contribution in [0.25, 0.3) is 0 Å². The number of hydrogen-bond donors (Lipinski definition) is 0. The molecule has 0 spiro atoms. The molecule has 0 saturated heterocycles. The Morgan fingerprint density at radius 3 is 2.62 bits per heavy atom. The van der Waals surface area contributed by atoms with Crippen LogP contribution in [0, 0.1) is 35.3 Å². The van der Waals surface area contributed by atoms with E-state index in [4.69, 9.17) is 4.74 Å². The molecule has 0 amide bonds. The second-order valence-corrected chi connectivity index (χ2v) is 8.03. The maximum atomic E-state index is 13.6. The van der Waals surface area contributed by atoms with Gasteiger partial charge in [-0.1, -0.05) is 33.3 Å². The number of benzene rings is 1.